The molecule has 0 fully saturated rings. The monoisotopic (exact) mass is 310 g/mol. The van der Waals surface area contributed by atoms with Crippen molar-refractivity contribution >= 4 is 21.1 Å². The Labute approximate surface area is 112 Å². The van der Waals surface area contributed by atoms with E-state index < -0.39 is 21.4 Å². The summed E-state index contributed by atoms with van der Waals surface area (Å²) in [5.41, 5.74) is -5.39. The molecule has 0 atom stereocenters. The van der Waals surface area contributed by atoms with Crippen LogP contribution in [-0.2, 0) is 10.1 Å². The molecule has 0 bridgehead atoms. The molecule has 1 aromatic carbocycles. The second-order valence-corrected chi connectivity index (χ2v) is 5.39. The molecule has 0 unspecified atom stereocenters. The van der Waals surface area contributed by atoms with E-state index in [1.54, 1.807) is 6.92 Å². The topological polar surface area (TPSA) is 65.7 Å². The van der Waals surface area contributed by atoms with E-state index in [9.17, 15) is 21.6 Å². The molecule has 0 aliphatic carbocycles. The summed E-state index contributed by atoms with van der Waals surface area (Å²) in [7, 11) is -4.39. The van der Waals surface area contributed by atoms with Crippen molar-refractivity contribution in [3.63, 3.8) is 0 Å². The molecule has 9 heteroatoms. The van der Waals surface area contributed by atoms with Crippen LogP contribution in [0.25, 0.3) is 11.0 Å². The predicted octanol–water partition coefficient (Wildman–Crippen LogP) is 2.98. The zero-order valence-corrected chi connectivity index (χ0v) is 11.1. The molecule has 0 N–H and O–H groups in total. The summed E-state index contributed by atoms with van der Waals surface area (Å²) in [5.74, 6) is 0.151. The normalized spacial score (nSPS) is 12.7. The van der Waals surface area contributed by atoms with E-state index >= 15 is 0 Å². The SMILES string of the molecule is COc1ccc(OS(=O)(=O)C(F)(F)F)c2cc(C)oc12. The molecule has 2 aromatic rings. The fraction of sp³-hybridized carbons (Fsp3) is 0.273. The summed E-state index contributed by atoms with van der Waals surface area (Å²) >= 11 is 0. The summed E-state index contributed by atoms with van der Waals surface area (Å²) < 4.78 is 73.3. The lowest BCUT2D eigenvalue weighted by atomic mass is 10.2. The fourth-order valence-electron chi connectivity index (χ4n) is 1.60. The first-order valence-electron chi connectivity index (χ1n) is 5.23. The lowest BCUT2D eigenvalue weighted by Gasteiger charge is -2.10. The predicted molar refractivity (Wildman–Crippen MR) is 63.1 cm³/mol. The van der Waals surface area contributed by atoms with Crippen LogP contribution >= 0.6 is 0 Å². The van der Waals surface area contributed by atoms with Gasteiger partial charge in [-0.05, 0) is 25.1 Å². The average molecular weight is 310 g/mol. The van der Waals surface area contributed by atoms with Crippen LogP contribution in [0.2, 0.25) is 0 Å². The van der Waals surface area contributed by atoms with Gasteiger partial charge in [-0.3, -0.25) is 0 Å². The maximum atomic E-state index is 12.3. The molecule has 5 nitrogen and oxygen atoms in total. The second-order valence-electron chi connectivity index (χ2n) is 3.85. The second kappa shape index (κ2) is 4.58. The van der Waals surface area contributed by atoms with Gasteiger partial charge < -0.3 is 13.3 Å². The Morgan fingerprint density at radius 1 is 1.20 bits per heavy atom. The number of hydrogen-bond acceptors (Lipinski definition) is 5. The number of furan rings is 1. The van der Waals surface area contributed by atoms with Crippen molar-refractivity contribution in [1.82, 2.24) is 0 Å². The number of aryl methyl sites for hydroxylation is 1. The van der Waals surface area contributed by atoms with Crippen molar-refractivity contribution in [2.24, 2.45) is 0 Å². The number of methoxy groups -OCH3 is 1. The van der Waals surface area contributed by atoms with Gasteiger partial charge in [-0.25, -0.2) is 0 Å². The number of alkyl halides is 3. The van der Waals surface area contributed by atoms with Crippen LogP contribution in [0.4, 0.5) is 13.2 Å². The third kappa shape index (κ3) is 2.40. The van der Waals surface area contributed by atoms with Crippen LogP contribution in [-0.4, -0.2) is 21.0 Å². The minimum Gasteiger partial charge on any atom is -0.493 e. The zero-order valence-electron chi connectivity index (χ0n) is 10.3. The Kier molecular flexibility index (Phi) is 3.32. The highest BCUT2D eigenvalue weighted by Gasteiger charge is 2.48. The van der Waals surface area contributed by atoms with Gasteiger partial charge in [0.05, 0.1) is 12.5 Å². The van der Waals surface area contributed by atoms with E-state index in [1.165, 1.54) is 19.2 Å². The molecule has 0 aliphatic heterocycles. The molecule has 0 aliphatic rings. The van der Waals surface area contributed by atoms with Crippen molar-refractivity contribution in [2.45, 2.75) is 12.4 Å². The molecule has 0 amide bonds. The highest BCUT2D eigenvalue weighted by molar-refractivity contribution is 7.88. The quantitative estimate of drug-likeness (QED) is 0.644. The third-order valence-corrected chi connectivity index (χ3v) is 3.40. The van der Waals surface area contributed by atoms with E-state index in [-0.39, 0.29) is 16.7 Å². The molecule has 0 spiro atoms. The first kappa shape index (κ1) is 14.5. The van der Waals surface area contributed by atoms with Crippen LogP contribution in [0.5, 0.6) is 11.5 Å². The van der Waals surface area contributed by atoms with Crippen LogP contribution < -0.4 is 8.92 Å². The molecule has 0 radical (unpaired) electrons. The van der Waals surface area contributed by atoms with E-state index in [4.69, 9.17) is 9.15 Å². The highest BCUT2D eigenvalue weighted by atomic mass is 32.2. The fourth-order valence-corrected chi connectivity index (χ4v) is 2.07. The van der Waals surface area contributed by atoms with Crippen LogP contribution in [0, 0.1) is 6.92 Å². The number of fused-ring (bicyclic) bond motifs is 1. The van der Waals surface area contributed by atoms with Gasteiger partial charge in [0, 0.05) is 0 Å². The number of hydrogen-bond donors (Lipinski definition) is 0. The van der Waals surface area contributed by atoms with Crippen LogP contribution in [0.1, 0.15) is 5.76 Å². The number of rotatable bonds is 3. The zero-order chi connectivity index (χ0) is 15.1. The van der Waals surface area contributed by atoms with Crippen molar-refractivity contribution in [3.05, 3.63) is 24.0 Å². The lowest BCUT2D eigenvalue weighted by molar-refractivity contribution is -0.0499. The van der Waals surface area contributed by atoms with Gasteiger partial charge in [-0.2, -0.15) is 21.6 Å². The Morgan fingerprint density at radius 3 is 2.35 bits per heavy atom. The van der Waals surface area contributed by atoms with Gasteiger partial charge in [-0.15, -0.1) is 0 Å². The van der Waals surface area contributed by atoms with Crippen LogP contribution in [0.3, 0.4) is 0 Å². The van der Waals surface area contributed by atoms with Crippen molar-refractivity contribution in [3.8, 4) is 11.5 Å². The van der Waals surface area contributed by atoms with Gasteiger partial charge in [-0.1, -0.05) is 0 Å². The van der Waals surface area contributed by atoms with Gasteiger partial charge >= 0.3 is 15.6 Å². The first-order chi connectivity index (χ1) is 9.15. The van der Waals surface area contributed by atoms with Crippen molar-refractivity contribution in [2.75, 3.05) is 7.11 Å². The third-order valence-electron chi connectivity index (χ3n) is 2.43. The van der Waals surface area contributed by atoms with Crippen molar-refractivity contribution in [1.29, 1.82) is 0 Å². The minimum atomic E-state index is -5.74. The summed E-state index contributed by atoms with van der Waals surface area (Å²) in [6.07, 6.45) is 0. The highest BCUT2D eigenvalue weighted by Crippen LogP contribution is 2.37. The Balaban J connectivity index is 2.57. The smallest absolute Gasteiger partial charge is 0.493 e. The Morgan fingerprint density at radius 2 is 1.80 bits per heavy atom. The Hall–Kier alpha value is -1.90. The van der Waals surface area contributed by atoms with E-state index in [1.807, 2.05) is 0 Å². The molecule has 0 saturated carbocycles. The Bertz CT molecular complexity index is 745. The first-order valence-corrected chi connectivity index (χ1v) is 6.64. The van der Waals surface area contributed by atoms with Gasteiger partial charge in [0.1, 0.15) is 5.76 Å². The molecule has 1 heterocycles. The molecule has 20 heavy (non-hydrogen) atoms. The lowest BCUT2D eigenvalue weighted by Crippen LogP contribution is -2.28. The summed E-state index contributed by atoms with van der Waals surface area (Å²) in [6.45, 7) is 1.56. The minimum absolute atomic E-state index is 0.0784. The van der Waals surface area contributed by atoms with Gasteiger partial charge in [0.25, 0.3) is 0 Å². The number of ether oxygens (including phenoxy) is 1. The van der Waals surface area contributed by atoms with Crippen molar-refractivity contribution < 1.29 is 34.9 Å². The average Bonchev–Trinajstić information content (AvgIpc) is 2.69. The standard InChI is InChI=1S/C11H9F3O5S/c1-6-5-7-8(19-20(15,16)11(12,13)14)3-4-9(17-2)10(7)18-6/h3-5H,1-2H3. The molecular formula is C11H9F3O5S. The molecule has 110 valence electrons. The van der Waals surface area contributed by atoms with Gasteiger partial charge in [0.15, 0.2) is 17.1 Å². The molecule has 2 rings (SSSR count). The maximum absolute atomic E-state index is 12.3. The van der Waals surface area contributed by atoms with E-state index in [0.29, 0.717) is 5.76 Å². The van der Waals surface area contributed by atoms with Gasteiger partial charge in [0.2, 0.25) is 0 Å². The van der Waals surface area contributed by atoms with E-state index in [0.717, 1.165) is 6.07 Å². The summed E-state index contributed by atoms with van der Waals surface area (Å²) in [4.78, 5) is 0. The number of benzene rings is 1. The number of halogens is 3. The van der Waals surface area contributed by atoms with Crippen LogP contribution in [0.15, 0.2) is 22.6 Å². The molecular weight excluding hydrogens is 301 g/mol. The molecule has 1 aromatic heterocycles. The van der Waals surface area contributed by atoms with E-state index in [2.05, 4.69) is 4.18 Å². The summed E-state index contributed by atoms with van der Waals surface area (Å²) in [6, 6.07) is 3.69. The molecule has 0 saturated heterocycles. The maximum Gasteiger partial charge on any atom is 0.534 e. The summed E-state index contributed by atoms with van der Waals surface area (Å²) in [5, 5.41) is 0.0784. The largest absolute Gasteiger partial charge is 0.534 e.